The first-order valence-corrected chi connectivity index (χ1v) is 7.85. The highest BCUT2D eigenvalue weighted by atomic mass is 35.5. The normalized spacial score (nSPS) is 15.6. The van der Waals surface area contributed by atoms with Crippen LogP contribution < -0.4 is 14.8 Å². The lowest BCUT2D eigenvalue weighted by atomic mass is 10.1. The highest BCUT2D eigenvalue weighted by Crippen LogP contribution is 2.33. The number of rotatable bonds is 7. The van der Waals surface area contributed by atoms with Crippen LogP contribution in [-0.2, 0) is 6.54 Å². The topological polar surface area (TPSA) is 30.5 Å². The molecule has 4 heteroatoms. The summed E-state index contributed by atoms with van der Waals surface area (Å²) in [7, 11) is 1.66. The molecule has 2 rings (SSSR count). The molecular formula is C16H24ClNO2. The van der Waals surface area contributed by atoms with Gasteiger partial charge in [0, 0.05) is 23.7 Å². The SMILES string of the molecule is CCCOc1cc(Cl)c(CNC2CCCC2)cc1OC. The van der Waals surface area contributed by atoms with Crippen LogP contribution in [0.3, 0.4) is 0 Å². The van der Waals surface area contributed by atoms with E-state index >= 15 is 0 Å². The van der Waals surface area contributed by atoms with Crippen LogP contribution in [0.15, 0.2) is 12.1 Å². The second-order valence-electron chi connectivity index (χ2n) is 5.31. The van der Waals surface area contributed by atoms with Crippen molar-refractivity contribution in [2.24, 2.45) is 0 Å². The maximum absolute atomic E-state index is 6.35. The quantitative estimate of drug-likeness (QED) is 0.819. The monoisotopic (exact) mass is 297 g/mol. The third-order valence-electron chi connectivity index (χ3n) is 3.73. The van der Waals surface area contributed by atoms with Gasteiger partial charge < -0.3 is 14.8 Å². The Kier molecular flexibility index (Phi) is 5.99. The van der Waals surface area contributed by atoms with Crippen LogP contribution in [0.5, 0.6) is 11.5 Å². The zero-order chi connectivity index (χ0) is 14.4. The van der Waals surface area contributed by atoms with Gasteiger partial charge in [-0.2, -0.15) is 0 Å². The molecule has 1 saturated carbocycles. The summed E-state index contributed by atoms with van der Waals surface area (Å²) >= 11 is 6.35. The molecule has 0 aliphatic heterocycles. The molecular weight excluding hydrogens is 274 g/mol. The average molecular weight is 298 g/mol. The molecule has 1 fully saturated rings. The predicted molar refractivity (Wildman–Crippen MR) is 82.9 cm³/mol. The van der Waals surface area contributed by atoms with Gasteiger partial charge in [-0.3, -0.25) is 0 Å². The zero-order valence-electron chi connectivity index (χ0n) is 12.4. The lowest BCUT2D eigenvalue weighted by Gasteiger charge is -2.16. The molecule has 0 bridgehead atoms. The molecule has 0 unspecified atom stereocenters. The van der Waals surface area contributed by atoms with E-state index in [0.29, 0.717) is 12.6 Å². The summed E-state index contributed by atoms with van der Waals surface area (Å²) in [6, 6.07) is 4.48. The van der Waals surface area contributed by atoms with Crippen molar-refractivity contribution in [1.82, 2.24) is 5.32 Å². The zero-order valence-corrected chi connectivity index (χ0v) is 13.1. The van der Waals surface area contributed by atoms with E-state index in [0.717, 1.165) is 35.1 Å². The molecule has 112 valence electrons. The van der Waals surface area contributed by atoms with Crippen molar-refractivity contribution in [3.8, 4) is 11.5 Å². The summed E-state index contributed by atoms with van der Waals surface area (Å²) < 4.78 is 11.1. The van der Waals surface area contributed by atoms with Gasteiger partial charge in [0.15, 0.2) is 11.5 Å². The fourth-order valence-corrected chi connectivity index (χ4v) is 2.80. The van der Waals surface area contributed by atoms with Crippen molar-refractivity contribution in [1.29, 1.82) is 0 Å². The minimum Gasteiger partial charge on any atom is -0.493 e. The minimum atomic E-state index is 0.632. The highest BCUT2D eigenvalue weighted by Gasteiger charge is 2.16. The largest absolute Gasteiger partial charge is 0.493 e. The number of halogens is 1. The van der Waals surface area contributed by atoms with Crippen LogP contribution in [0, 0.1) is 0 Å². The van der Waals surface area contributed by atoms with Gasteiger partial charge in [0.05, 0.1) is 13.7 Å². The van der Waals surface area contributed by atoms with Gasteiger partial charge in [0.1, 0.15) is 0 Å². The Morgan fingerprint density at radius 2 is 2.00 bits per heavy atom. The number of benzene rings is 1. The lowest BCUT2D eigenvalue weighted by Crippen LogP contribution is -2.25. The molecule has 0 radical (unpaired) electrons. The number of nitrogens with one attached hydrogen (secondary N) is 1. The van der Waals surface area contributed by atoms with Crippen molar-refractivity contribution in [2.75, 3.05) is 13.7 Å². The Hall–Kier alpha value is -0.930. The van der Waals surface area contributed by atoms with Gasteiger partial charge >= 0.3 is 0 Å². The van der Waals surface area contributed by atoms with Crippen LogP contribution >= 0.6 is 11.6 Å². The van der Waals surface area contributed by atoms with Crippen molar-refractivity contribution in [3.63, 3.8) is 0 Å². The molecule has 3 nitrogen and oxygen atoms in total. The van der Waals surface area contributed by atoms with Crippen molar-refractivity contribution < 1.29 is 9.47 Å². The van der Waals surface area contributed by atoms with Gasteiger partial charge in [-0.1, -0.05) is 31.4 Å². The molecule has 0 atom stereocenters. The summed E-state index contributed by atoms with van der Waals surface area (Å²) in [6.07, 6.45) is 6.17. The van der Waals surface area contributed by atoms with E-state index in [1.165, 1.54) is 25.7 Å². The second-order valence-corrected chi connectivity index (χ2v) is 5.71. The van der Waals surface area contributed by atoms with Crippen LogP contribution in [-0.4, -0.2) is 19.8 Å². The Morgan fingerprint density at radius 1 is 1.25 bits per heavy atom. The van der Waals surface area contributed by atoms with E-state index in [1.54, 1.807) is 7.11 Å². The molecule has 1 aromatic carbocycles. The van der Waals surface area contributed by atoms with Gasteiger partial charge in [0.25, 0.3) is 0 Å². The summed E-state index contributed by atoms with van der Waals surface area (Å²) in [4.78, 5) is 0. The molecule has 0 heterocycles. The van der Waals surface area contributed by atoms with E-state index in [1.807, 2.05) is 12.1 Å². The molecule has 0 aromatic heterocycles. The average Bonchev–Trinajstić information content (AvgIpc) is 2.97. The summed E-state index contributed by atoms with van der Waals surface area (Å²) in [5.74, 6) is 1.48. The number of ether oxygens (including phenoxy) is 2. The standard InChI is InChI=1S/C16H24ClNO2/c1-3-8-20-16-10-14(17)12(9-15(16)19-2)11-18-13-6-4-5-7-13/h9-10,13,18H,3-8,11H2,1-2H3. The van der Waals surface area contributed by atoms with Crippen LogP contribution in [0.25, 0.3) is 0 Å². The molecule has 1 aliphatic carbocycles. The number of hydrogen-bond donors (Lipinski definition) is 1. The maximum atomic E-state index is 6.35. The van der Waals surface area contributed by atoms with Crippen LogP contribution in [0.1, 0.15) is 44.6 Å². The first-order valence-electron chi connectivity index (χ1n) is 7.47. The number of hydrogen-bond acceptors (Lipinski definition) is 3. The van der Waals surface area contributed by atoms with E-state index in [4.69, 9.17) is 21.1 Å². The van der Waals surface area contributed by atoms with Crippen molar-refractivity contribution in [2.45, 2.75) is 51.6 Å². The summed E-state index contributed by atoms with van der Waals surface area (Å²) in [5, 5.41) is 4.31. The van der Waals surface area contributed by atoms with Crippen LogP contribution in [0.2, 0.25) is 5.02 Å². The van der Waals surface area contributed by atoms with E-state index in [-0.39, 0.29) is 0 Å². The van der Waals surface area contributed by atoms with Gasteiger partial charge in [-0.05, 0) is 30.9 Å². The Bertz CT molecular complexity index is 431. The van der Waals surface area contributed by atoms with E-state index in [9.17, 15) is 0 Å². The lowest BCUT2D eigenvalue weighted by molar-refractivity contribution is 0.294. The Balaban J connectivity index is 2.04. The van der Waals surface area contributed by atoms with E-state index < -0.39 is 0 Å². The first-order chi connectivity index (χ1) is 9.74. The summed E-state index contributed by atoms with van der Waals surface area (Å²) in [5.41, 5.74) is 1.07. The molecule has 1 N–H and O–H groups in total. The van der Waals surface area contributed by atoms with Crippen LogP contribution in [0.4, 0.5) is 0 Å². The minimum absolute atomic E-state index is 0.632. The molecule has 0 spiro atoms. The molecule has 0 saturated heterocycles. The first kappa shape index (κ1) is 15.5. The molecule has 1 aromatic rings. The van der Waals surface area contributed by atoms with E-state index in [2.05, 4.69) is 12.2 Å². The molecule has 0 amide bonds. The fourth-order valence-electron chi connectivity index (χ4n) is 2.58. The third-order valence-corrected chi connectivity index (χ3v) is 4.08. The smallest absolute Gasteiger partial charge is 0.162 e. The van der Waals surface area contributed by atoms with Crippen molar-refractivity contribution in [3.05, 3.63) is 22.7 Å². The predicted octanol–water partition coefficient (Wildman–Crippen LogP) is 4.17. The van der Waals surface area contributed by atoms with Crippen molar-refractivity contribution >= 4 is 11.6 Å². The Morgan fingerprint density at radius 3 is 2.65 bits per heavy atom. The van der Waals surface area contributed by atoms with Gasteiger partial charge in [-0.25, -0.2) is 0 Å². The fraction of sp³-hybridized carbons (Fsp3) is 0.625. The second kappa shape index (κ2) is 7.75. The van der Waals surface area contributed by atoms with Gasteiger partial charge in [-0.15, -0.1) is 0 Å². The van der Waals surface area contributed by atoms with Gasteiger partial charge in [0.2, 0.25) is 0 Å². The third kappa shape index (κ3) is 4.03. The Labute approximate surface area is 126 Å². The summed E-state index contributed by atoms with van der Waals surface area (Å²) in [6.45, 7) is 3.54. The highest BCUT2D eigenvalue weighted by molar-refractivity contribution is 6.31. The number of methoxy groups -OCH3 is 1. The molecule has 20 heavy (non-hydrogen) atoms. The maximum Gasteiger partial charge on any atom is 0.162 e. The molecule has 1 aliphatic rings.